The third kappa shape index (κ3) is 3.49. The Labute approximate surface area is 96.4 Å². The Morgan fingerprint density at radius 1 is 1.69 bits per heavy atom. The van der Waals surface area contributed by atoms with Crippen LogP contribution in [-0.4, -0.2) is 16.1 Å². The Hall–Kier alpha value is 0.270. The zero-order valence-electron chi connectivity index (χ0n) is 7.55. The monoisotopic (exact) mass is 279 g/mol. The summed E-state index contributed by atoms with van der Waals surface area (Å²) >= 11 is 10.9. The summed E-state index contributed by atoms with van der Waals surface area (Å²) in [5.41, 5.74) is 1.16. The second kappa shape index (κ2) is 5.23. The highest BCUT2D eigenvalue weighted by Gasteiger charge is 2.07. The molecule has 0 saturated heterocycles. The summed E-state index contributed by atoms with van der Waals surface area (Å²) in [5.74, 6) is 0.645. The number of aromatic nitrogens is 1. The first-order chi connectivity index (χ1) is 6.13. The van der Waals surface area contributed by atoms with Gasteiger partial charge in [0.05, 0.1) is 4.47 Å². The van der Waals surface area contributed by atoms with Crippen LogP contribution in [0.5, 0.6) is 0 Å². The molecule has 0 aliphatic heterocycles. The SMILES string of the molecule is Cc1cnc(SC(C)CCl)c(Br)c1. The first-order valence-electron chi connectivity index (χ1n) is 3.98. The van der Waals surface area contributed by atoms with Crippen molar-refractivity contribution in [1.29, 1.82) is 0 Å². The number of rotatable bonds is 3. The van der Waals surface area contributed by atoms with Crippen LogP contribution in [0.1, 0.15) is 12.5 Å². The third-order valence-electron chi connectivity index (χ3n) is 1.47. The highest BCUT2D eigenvalue weighted by molar-refractivity contribution is 9.10. The van der Waals surface area contributed by atoms with E-state index in [1.54, 1.807) is 11.8 Å². The average Bonchev–Trinajstić information content (AvgIpc) is 2.09. The first-order valence-corrected chi connectivity index (χ1v) is 6.19. The van der Waals surface area contributed by atoms with Crippen LogP contribution in [0.4, 0.5) is 0 Å². The van der Waals surface area contributed by atoms with Crippen LogP contribution in [0.25, 0.3) is 0 Å². The van der Waals surface area contributed by atoms with E-state index in [0.717, 1.165) is 15.1 Å². The first kappa shape index (κ1) is 11.3. The average molecular weight is 281 g/mol. The second-order valence-electron chi connectivity index (χ2n) is 2.88. The van der Waals surface area contributed by atoms with Crippen LogP contribution in [0.15, 0.2) is 21.8 Å². The lowest BCUT2D eigenvalue weighted by atomic mass is 10.3. The van der Waals surface area contributed by atoms with Gasteiger partial charge in [0.25, 0.3) is 0 Å². The minimum Gasteiger partial charge on any atom is -0.248 e. The van der Waals surface area contributed by atoms with Gasteiger partial charge in [-0.3, -0.25) is 0 Å². The highest BCUT2D eigenvalue weighted by atomic mass is 79.9. The summed E-state index contributed by atoms with van der Waals surface area (Å²) in [5, 5.41) is 1.41. The second-order valence-corrected chi connectivity index (χ2v) is 5.47. The van der Waals surface area contributed by atoms with Gasteiger partial charge in [0, 0.05) is 17.3 Å². The normalized spacial score (nSPS) is 12.9. The van der Waals surface area contributed by atoms with Crippen molar-refractivity contribution in [1.82, 2.24) is 4.98 Å². The molecule has 0 aliphatic carbocycles. The smallest absolute Gasteiger partial charge is 0.110 e. The Morgan fingerprint density at radius 3 is 2.92 bits per heavy atom. The van der Waals surface area contributed by atoms with Gasteiger partial charge in [-0.15, -0.1) is 23.4 Å². The van der Waals surface area contributed by atoms with Gasteiger partial charge in [-0.05, 0) is 34.5 Å². The van der Waals surface area contributed by atoms with Gasteiger partial charge >= 0.3 is 0 Å². The zero-order valence-corrected chi connectivity index (χ0v) is 10.7. The molecule has 1 atom stereocenters. The molecule has 1 aromatic heterocycles. The molecule has 0 radical (unpaired) electrons. The summed E-state index contributed by atoms with van der Waals surface area (Å²) in [7, 11) is 0. The third-order valence-corrected chi connectivity index (χ3v) is 4.10. The predicted octanol–water partition coefficient (Wildman–Crippen LogP) is 3.87. The topological polar surface area (TPSA) is 12.9 Å². The fraction of sp³-hybridized carbons (Fsp3) is 0.444. The molecule has 1 rings (SSSR count). The van der Waals surface area contributed by atoms with Crippen LogP contribution < -0.4 is 0 Å². The fourth-order valence-corrected chi connectivity index (χ4v) is 2.49. The summed E-state index contributed by atoms with van der Waals surface area (Å²) < 4.78 is 1.05. The van der Waals surface area contributed by atoms with Crippen LogP contribution in [-0.2, 0) is 0 Å². The molecule has 1 unspecified atom stereocenters. The number of thioether (sulfide) groups is 1. The lowest BCUT2D eigenvalue weighted by molar-refractivity contribution is 1.05. The van der Waals surface area contributed by atoms with E-state index < -0.39 is 0 Å². The Morgan fingerprint density at radius 2 is 2.38 bits per heavy atom. The van der Waals surface area contributed by atoms with E-state index in [1.807, 2.05) is 13.1 Å². The Kier molecular flexibility index (Phi) is 4.56. The molecule has 0 amide bonds. The van der Waals surface area contributed by atoms with Crippen LogP contribution in [0.3, 0.4) is 0 Å². The number of nitrogens with zero attached hydrogens (tertiary/aromatic N) is 1. The summed E-state index contributed by atoms with van der Waals surface area (Å²) in [6.07, 6.45) is 1.87. The van der Waals surface area contributed by atoms with Gasteiger partial charge in [-0.1, -0.05) is 6.92 Å². The molecular formula is C9H11BrClNS. The van der Waals surface area contributed by atoms with Gasteiger partial charge < -0.3 is 0 Å². The number of pyridine rings is 1. The van der Waals surface area contributed by atoms with E-state index >= 15 is 0 Å². The van der Waals surface area contributed by atoms with E-state index in [-0.39, 0.29) is 0 Å². The molecule has 0 aliphatic rings. The Balaban J connectivity index is 2.77. The molecule has 0 spiro atoms. The van der Waals surface area contributed by atoms with Gasteiger partial charge in [0.2, 0.25) is 0 Å². The van der Waals surface area contributed by atoms with Crippen molar-refractivity contribution >= 4 is 39.3 Å². The number of aryl methyl sites for hydroxylation is 1. The quantitative estimate of drug-likeness (QED) is 0.616. The van der Waals surface area contributed by atoms with Crippen molar-refractivity contribution in [3.8, 4) is 0 Å². The molecule has 0 aromatic carbocycles. The molecule has 0 bridgehead atoms. The summed E-state index contributed by atoms with van der Waals surface area (Å²) in [4.78, 5) is 4.32. The molecule has 0 N–H and O–H groups in total. The number of alkyl halides is 1. The molecule has 4 heteroatoms. The number of halogens is 2. The Bertz CT molecular complexity index is 293. The van der Waals surface area contributed by atoms with Gasteiger partial charge in [-0.25, -0.2) is 4.98 Å². The van der Waals surface area contributed by atoms with Gasteiger partial charge in [0.1, 0.15) is 5.03 Å². The predicted molar refractivity (Wildman–Crippen MR) is 62.7 cm³/mol. The largest absolute Gasteiger partial charge is 0.248 e. The molecule has 1 heterocycles. The van der Waals surface area contributed by atoms with E-state index in [4.69, 9.17) is 11.6 Å². The van der Waals surface area contributed by atoms with Crippen molar-refractivity contribution < 1.29 is 0 Å². The van der Waals surface area contributed by atoms with Crippen LogP contribution in [0, 0.1) is 6.92 Å². The number of hydrogen-bond acceptors (Lipinski definition) is 2. The summed E-state index contributed by atoms with van der Waals surface area (Å²) in [6, 6.07) is 2.07. The van der Waals surface area contributed by atoms with Crippen LogP contribution in [0.2, 0.25) is 0 Å². The van der Waals surface area contributed by atoms with Gasteiger partial charge in [-0.2, -0.15) is 0 Å². The van der Waals surface area contributed by atoms with Gasteiger partial charge in [0.15, 0.2) is 0 Å². The van der Waals surface area contributed by atoms with Crippen molar-refractivity contribution in [3.63, 3.8) is 0 Å². The summed E-state index contributed by atoms with van der Waals surface area (Å²) in [6.45, 7) is 4.11. The standard InChI is InChI=1S/C9H11BrClNS/c1-6-3-8(10)9(12-5-6)13-7(2)4-11/h3,5,7H,4H2,1-2H3. The lowest BCUT2D eigenvalue weighted by Gasteiger charge is -2.07. The number of hydrogen-bond donors (Lipinski definition) is 0. The van der Waals surface area contributed by atoms with E-state index in [0.29, 0.717) is 11.1 Å². The van der Waals surface area contributed by atoms with Crippen molar-refractivity contribution in [3.05, 3.63) is 22.3 Å². The maximum absolute atomic E-state index is 5.72. The highest BCUT2D eigenvalue weighted by Crippen LogP contribution is 2.29. The van der Waals surface area contributed by atoms with Crippen LogP contribution >= 0.6 is 39.3 Å². The van der Waals surface area contributed by atoms with E-state index in [9.17, 15) is 0 Å². The van der Waals surface area contributed by atoms with Crippen molar-refractivity contribution in [2.75, 3.05) is 5.88 Å². The fourth-order valence-electron chi connectivity index (χ4n) is 0.830. The van der Waals surface area contributed by atoms with Crippen molar-refractivity contribution in [2.24, 2.45) is 0 Å². The molecule has 0 fully saturated rings. The van der Waals surface area contributed by atoms with E-state index in [2.05, 4.69) is 33.9 Å². The molecule has 0 saturated carbocycles. The molecular weight excluding hydrogens is 270 g/mol. The van der Waals surface area contributed by atoms with Crippen molar-refractivity contribution in [2.45, 2.75) is 24.1 Å². The molecule has 1 aromatic rings. The van der Waals surface area contributed by atoms with E-state index in [1.165, 1.54) is 0 Å². The molecule has 13 heavy (non-hydrogen) atoms. The molecule has 72 valence electrons. The minimum absolute atomic E-state index is 0.396. The lowest BCUT2D eigenvalue weighted by Crippen LogP contribution is -1.98. The maximum Gasteiger partial charge on any atom is 0.110 e. The minimum atomic E-state index is 0.396. The maximum atomic E-state index is 5.72. The zero-order chi connectivity index (χ0) is 9.84. The molecule has 1 nitrogen and oxygen atoms in total.